The Labute approximate surface area is 93.2 Å². The average Bonchev–Trinajstić information content (AvgIpc) is 2.71. The van der Waals surface area contributed by atoms with E-state index in [4.69, 9.17) is 10.8 Å². The van der Waals surface area contributed by atoms with Crippen LogP contribution in [0, 0.1) is 6.92 Å². The first-order valence-corrected chi connectivity index (χ1v) is 5.69. The molecular formula is C8H7N3O2S2. The molecule has 0 amide bonds. The van der Waals surface area contributed by atoms with Crippen LogP contribution in [0.15, 0.2) is 5.38 Å². The van der Waals surface area contributed by atoms with E-state index in [1.54, 1.807) is 12.3 Å². The Bertz CT molecular complexity index is 518. The van der Waals surface area contributed by atoms with Crippen molar-refractivity contribution in [3.8, 4) is 11.4 Å². The van der Waals surface area contributed by atoms with Crippen molar-refractivity contribution in [3.63, 3.8) is 0 Å². The predicted molar refractivity (Wildman–Crippen MR) is 59.3 cm³/mol. The molecule has 0 aliphatic carbocycles. The first kappa shape index (κ1) is 10.1. The van der Waals surface area contributed by atoms with Crippen molar-refractivity contribution in [1.82, 2.24) is 9.97 Å². The molecule has 2 heterocycles. The fourth-order valence-corrected chi connectivity index (χ4v) is 2.46. The highest BCUT2D eigenvalue weighted by atomic mass is 32.1. The largest absolute Gasteiger partial charge is 0.477 e. The second-order valence-electron chi connectivity index (χ2n) is 2.79. The Morgan fingerprint density at radius 1 is 1.53 bits per heavy atom. The number of carboxylic acid groups (broad SMARTS) is 1. The molecule has 2 rings (SSSR count). The maximum atomic E-state index is 10.9. The molecule has 0 aliphatic heterocycles. The Balaban J connectivity index is 2.56. The molecule has 15 heavy (non-hydrogen) atoms. The molecule has 0 unspecified atom stereocenters. The van der Waals surface area contributed by atoms with E-state index in [0.717, 1.165) is 11.3 Å². The SMILES string of the molecule is Cc1nc(-c2csc(N)n2)c(C(=O)O)s1. The van der Waals surface area contributed by atoms with Crippen LogP contribution in [0.1, 0.15) is 14.7 Å². The standard InChI is InChI=1S/C8H7N3O2S2/c1-3-10-5(6(15-3)7(12)13)4-2-14-8(9)11-4/h2H,1H3,(H2,9,11)(H,12,13). The van der Waals surface area contributed by atoms with Crippen molar-refractivity contribution in [1.29, 1.82) is 0 Å². The maximum Gasteiger partial charge on any atom is 0.348 e. The number of nitrogens with two attached hydrogens (primary N) is 1. The highest BCUT2D eigenvalue weighted by Gasteiger charge is 2.18. The number of anilines is 1. The molecule has 7 heteroatoms. The Morgan fingerprint density at radius 2 is 2.27 bits per heavy atom. The molecule has 0 radical (unpaired) electrons. The van der Waals surface area contributed by atoms with E-state index in [2.05, 4.69) is 9.97 Å². The zero-order chi connectivity index (χ0) is 11.0. The normalized spacial score (nSPS) is 10.5. The summed E-state index contributed by atoms with van der Waals surface area (Å²) in [6, 6.07) is 0. The van der Waals surface area contributed by atoms with Gasteiger partial charge in [-0.15, -0.1) is 22.7 Å². The number of carbonyl (C=O) groups is 1. The van der Waals surface area contributed by atoms with E-state index >= 15 is 0 Å². The molecule has 3 N–H and O–H groups in total. The van der Waals surface area contributed by atoms with Gasteiger partial charge in [0.05, 0.1) is 5.01 Å². The predicted octanol–water partition coefficient (Wildman–Crippen LogP) is 1.86. The number of rotatable bonds is 2. The third-order valence-electron chi connectivity index (χ3n) is 1.69. The van der Waals surface area contributed by atoms with E-state index in [9.17, 15) is 4.79 Å². The number of nitrogens with zero attached hydrogens (tertiary/aromatic N) is 2. The van der Waals surface area contributed by atoms with Gasteiger partial charge in [-0.05, 0) is 6.92 Å². The first-order valence-electron chi connectivity index (χ1n) is 4.00. The second-order valence-corrected chi connectivity index (χ2v) is 4.88. The molecule has 78 valence electrons. The lowest BCUT2D eigenvalue weighted by molar-refractivity contribution is 0.0702. The summed E-state index contributed by atoms with van der Waals surface area (Å²) in [5.41, 5.74) is 6.41. The van der Waals surface area contributed by atoms with Gasteiger partial charge in [-0.25, -0.2) is 14.8 Å². The maximum absolute atomic E-state index is 10.9. The van der Waals surface area contributed by atoms with Gasteiger partial charge < -0.3 is 10.8 Å². The van der Waals surface area contributed by atoms with Gasteiger partial charge in [-0.2, -0.15) is 0 Å². The third-order valence-corrected chi connectivity index (χ3v) is 3.33. The minimum absolute atomic E-state index is 0.206. The van der Waals surface area contributed by atoms with Crippen molar-refractivity contribution >= 4 is 33.8 Å². The quantitative estimate of drug-likeness (QED) is 0.837. The second kappa shape index (κ2) is 3.59. The third kappa shape index (κ3) is 1.83. The monoisotopic (exact) mass is 241 g/mol. The molecule has 0 aliphatic rings. The minimum atomic E-state index is -0.984. The Hall–Kier alpha value is -1.47. The van der Waals surface area contributed by atoms with Gasteiger partial charge in [0, 0.05) is 5.38 Å². The fourth-order valence-electron chi connectivity index (χ4n) is 1.14. The number of aromatic nitrogens is 2. The number of hydrogen-bond acceptors (Lipinski definition) is 6. The summed E-state index contributed by atoms with van der Waals surface area (Å²) < 4.78 is 0. The van der Waals surface area contributed by atoms with Crippen molar-refractivity contribution in [3.05, 3.63) is 15.3 Å². The van der Waals surface area contributed by atoms with Crippen molar-refractivity contribution in [2.75, 3.05) is 5.73 Å². The van der Waals surface area contributed by atoms with Crippen LogP contribution in [0.3, 0.4) is 0 Å². The molecular weight excluding hydrogens is 234 g/mol. The highest BCUT2D eigenvalue weighted by molar-refractivity contribution is 7.14. The molecule has 0 fully saturated rings. The van der Waals surface area contributed by atoms with Gasteiger partial charge in [0.25, 0.3) is 0 Å². The van der Waals surface area contributed by atoms with Gasteiger partial charge in [0.15, 0.2) is 5.13 Å². The van der Waals surface area contributed by atoms with Gasteiger partial charge in [-0.3, -0.25) is 0 Å². The summed E-state index contributed by atoms with van der Waals surface area (Å²) in [5, 5.41) is 11.8. The van der Waals surface area contributed by atoms with Crippen LogP contribution in [0.4, 0.5) is 5.13 Å². The molecule has 5 nitrogen and oxygen atoms in total. The van der Waals surface area contributed by atoms with Crippen LogP contribution in [0.2, 0.25) is 0 Å². The molecule has 0 aromatic carbocycles. The van der Waals surface area contributed by atoms with E-state index in [0.29, 0.717) is 21.5 Å². The zero-order valence-electron chi connectivity index (χ0n) is 7.72. The number of hydrogen-bond donors (Lipinski definition) is 2. The summed E-state index contributed by atoms with van der Waals surface area (Å²) in [4.78, 5) is 19.3. The lowest BCUT2D eigenvalue weighted by atomic mass is 10.3. The molecule has 2 aromatic rings. The van der Waals surface area contributed by atoms with Crippen LogP contribution in [0.5, 0.6) is 0 Å². The van der Waals surface area contributed by atoms with Crippen LogP contribution >= 0.6 is 22.7 Å². The number of thiazole rings is 2. The summed E-state index contributed by atoms with van der Waals surface area (Å²) in [5.74, 6) is -0.984. The average molecular weight is 241 g/mol. The summed E-state index contributed by atoms with van der Waals surface area (Å²) in [6.07, 6.45) is 0. The van der Waals surface area contributed by atoms with E-state index in [1.165, 1.54) is 11.3 Å². The van der Waals surface area contributed by atoms with Gasteiger partial charge >= 0.3 is 5.97 Å². The highest BCUT2D eigenvalue weighted by Crippen LogP contribution is 2.29. The molecule has 0 atom stereocenters. The van der Waals surface area contributed by atoms with Crippen molar-refractivity contribution in [2.45, 2.75) is 6.92 Å². The molecule has 2 aromatic heterocycles. The van der Waals surface area contributed by atoms with E-state index in [-0.39, 0.29) is 4.88 Å². The number of aromatic carboxylic acids is 1. The smallest absolute Gasteiger partial charge is 0.348 e. The van der Waals surface area contributed by atoms with Crippen LogP contribution in [-0.4, -0.2) is 21.0 Å². The summed E-state index contributed by atoms with van der Waals surface area (Å²) >= 11 is 2.41. The van der Waals surface area contributed by atoms with Gasteiger partial charge in [0.2, 0.25) is 0 Å². The van der Waals surface area contributed by atoms with Crippen LogP contribution in [-0.2, 0) is 0 Å². The lowest BCUT2D eigenvalue weighted by Crippen LogP contribution is -1.95. The zero-order valence-corrected chi connectivity index (χ0v) is 9.35. The number of nitrogen functional groups attached to an aromatic ring is 1. The first-order chi connectivity index (χ1) is 7.08. The number of carboxylic acids is 1. The Morgan fingerprint density at radius 3 is 2.80 bits per heavy atom. The molecule has 0 bridgehead atoms. The van der Waals surface area contributed by atoms with Crippen LogP contribution < -0.4 is 5.73 Å². The van der Waals surface area contributed by atoms with Crippen molar-refractivity contribution < 1.29 is 9.90 Å². The topological polar surface area (TPSA) is 89.1 Å². The van der Waals surface area contributed by atoms with Gasteiger partial charge in [0.1, 0.15) is 16.3 Å². The summed E-state index contributed by atoms with van der Waals surface area (Å²) in [7, 11) is 0. The van der Waals surface area contributed by atoms with Crippen LogP contribution in [0.25, 0.3) is 11.4 Å². The summed E-state index contributed by atoms with van der Waals surface area (Å²) in [6.45, 7) is 1.76. The fraction of sp³-hybridized carbons (Fsp3) is 0.125. The van der Waals surface area contributed by atoms with Gasteiger partial charge in [-0.1, -0.05) is 0 Å². The lowest BCUT2D eigenvalue weighted by Gasteiger charge is -1.91. The minimum Gasteiger partial charge on any atom is -0.477 e. The Kier molecular flexibility index (Phi) is 2.41. The van der Waals surface area contributed by atoms with E-state index in [1.807, 2.05) is 0 Å². The molecule has 0 saturated heterocycles. The van der Waals surface area contributed by atoms with Crippen molar-refractivity contribution in [2.24, 2.45) is 0 Å². The molecule has 0 spiro atoms. The molecule has 0 saturated carbocycles. The number of aryl methyl sites for hydroxylation is 1. The van der Waals surface area contributed by atoms with E-state index < -0.39 is 5.97 Å².